The van der Waals surface area contributed by atoms with E-state index in [0.717, 1.165) is 6.42 Å². The minimum absolute atomic E-state index is 0.187. The number of ether oxygens (including phenoxy) is 4. The maximum absolute atomic E-state index is 13.9. The maximum Gasteiger partial charge on any atom is 0.415 e. The molecule has 6 bridgehead atoms. The smallest absolute Gasteiger partial charge is 0.415 e. The summed E-state index contributed by atoms with van der Waals surface area (Å²) in [5.41, 5.74) is -1.64. The van der Waals surface area contributed by atoms with E-state index >= 15 is 0 Å². The Labute approximate surface area is 218 Å². The van der Waals surface area contributed by atoms with Gasteiger partial charge < -0.3 is 29.3 Å². The average Bonchev–Trinajstić information content (AvgIpc) is 3.43. The third-order valence-electron chi connectivity index (χ3n) is 9.10. The fourth-order valence-electron chi connectivity index (χ4n) is 8.50. The van der Waals surface area contributed by atoms with Crippen molar-refractivity contribution in [1.29, 1.82) is 0 Å². The standard InChI is InChI=1S/C23H26F2O12S/c24-23(25,38-37-36-31)20(29)34-17-11-2-12-15(19(28)33-16(12)17)14(11)18(27)32-7-13(26)35-22-5-9-1-10(6-22)4-21(30,3-9)8-22/h9-12,14-17,30-31H,1-8H2/p-1. The van der Waals surface area contributed by atoms with Crippen LogP contribution in [0.3, 0.4) is 0 Å². The Bertz CT molecular complexity index is 1040. The number of alkyl halides is 2. The first kappa shape index (κ1) is 26.2. The van der Waals surface area contributed by atoms with E-state index in [9.17, 15) is 38.3 Å². The largest absolute Gasteiger partial charge is 0.691 e. The van der Waals surface area contributed by atoms with Crippen molar-refractivity contribution in [2.45, 2.75) is 73.6 Å². The molecular formula is C23H25F2O12S-. The quantitative estimate of drug-likeness (QED) is 0.134. The van der Waals surface area contributed by atoms with Gasteiger partial charge in [0.25, 0.3) is 0 Å². The van der Waals surface area contributed by atoms with Crippen molar-refractivity contribution in [3.8, 4) is 0 Å². The third-order valence-corrected chi connectivity index (χ3v) is 9.60. The third kappa shape index (κ3) is 4.26. The predicted octanol–water partition coefficient (Wildman–Crippen LogP) is 0.340. The van der Waals surface area contributed by atoms with E-state index < -0.39 is 94.9 Å². The number of hydrogen-bond donors (Lipinski definition) is 1. The Morgan fingerprint density at radius 3 is 2.50 bits per heavy atom. The van der Waals surface area contributed by atoms with Crippen molar-refractivity contribution >= 4 is 35.9 Å². The summed E-state index contributed by atoms with van der Waals surface area (Å²) in [6, 6.07) is 0. The summed E-state index contributed by atoms with van der Waals surface area (Å²) in [4.78, 5) is 50.1. The summed E-state index contributed by atoms with van der Waals surface area (Å²) in [5, 5.41) is 19.2. The van der Waals surface area contributed by atoms with Crippen LogP contribution >= 0.6 is 12.0 Å². The van der Waals surface area contributed by atoms with Gasteiger partial charge in [0.05, 0.1) is 17.4 Å². The topological polar surface area (TPSA) is 167 Å². The molecule has 0 amide bonds. The van der Waals surface area contributed by atoms with Crippen molar-refractivity contribution in [3.63, 3.8) is 0 Å². The lowest BCUT2D eigenvalue weighted by Crippen LogP contribution is -2.60. The monoisotopic (exact) mass is 563 g/mol. The van der Waals surface area contributed by atoms with E-state index in [4.69, 9.17) is 18.9 Å². The molecule has 0 aromatic rings. The number of rotatable bonds is 9. The molecule has 8 atom stereocenters. The Kier molecular flexibility index (Phi) is 6.18. The molecule has 38 heavy (non-hydrogen) atoms. The van der Waals surface area contributed by atoms with E-state index in [1.54, 1.807) is 0 Å². The zero-order valence-corrected chi connectivity index (χ0v) is 20.7. The van der Waals surface area contributed by atoms with E-state index in [2.05, 4.69) is 9.37 Å². The van der Waals surface area contributed by atoms with Crippen LogP contribution in [0.5, 0.6) is 0 Å². The second kappa shape index (κ2) is 8.98. The summed E-state index contributed by atoms with van der Waals surface area (Å²) in [7, 11) is 0. The van der Waals surface area contributed by atoms with Gasteiger partial charge in [-0.2, -0.15) is 13.1 Å². The Balaban J connectivity index is 1.09. The summed E-state index contributed by atoms with van der Waals surface area (Å²) in [6.07, 6.45) is 1.84. The van der Waals surface area contributed by atoms with Gasteiger partial charge in [-0.15, -0.1) is 0 Å². The van der Waals surface area contributed by atoms with E-state index in [-0.39, 0.29) is 18.3 Å². The van der Waals surface area contributed by atoms with Gasteiger partial charge in [0.1, 0.15) is 29.9 Å². The Morgan fingerprint density at radius 1 is 1.13 bits per heavy atom. The van der Waals surface area contributed by atoms with Gasteiger partial charge in [-0.3, -0.25) is 14.6 Å². The van der Waals surface area contributed by atoms with Crippen molar-refractivity contribution in [1.82, 2.24) is 0 Å². The number of hydrogen-bond acceptors (Lipinski definition) is 13. The first-order chi connectivity index (χ1) is 17.9. The van der Waals surface area contributed by atoms with Crippen LogP contribution < -0.4 is 5.26 Å². The van der Waals surface area contributed by atoms with Crippen molar-refractivity contribution in [2.24, 2.45) is 35.5 Å². The lowest BCUT2D eigenvalue weighted by molar-refractivity contribution is -0.777. The maximum atomic E-state index is 13.9. The number of carbonyl (C=O) groups excluding carboxylic acids is 4. The fourth-order valence-corrected chi connectivity index (χ4v) is 8.73. The van der Waals surface area contributed by atoms with Gasteiger partial charge in [-0.05, 0) is 50.4 Å². The molecule has 1 heterocycles. The minimum atomic E-state index is -4.31. The van der Waals surface area contributed by atoms with Crippen LogP contribution in [0.25, 0.3) is 0 Å². The van der Waals surface area contributed by atoms with Gasteiger partial charge in [0.15, 0.2) is 6.61 Å². The van der Waals surface area contributed by atoms with Crippen molar-refractivity contribution in [2.75, 3.05) is 6.61 Å². The molecule has 1 aliphatic heterocycles. The molecule has 1 saturated heterocycles. The SMILES string of the molecule is O=C(COC(=O)C1C2CC3C(OC(=O)C31)C2OC(=O)C(F)(F)SOO[O-])OC12CC3CC(CC(O)(C3)C1)C2. The van der Waals surface area contributed by atoms with Gasteiger partial charge in [0, 0.05) is 18.3 Å². The van der Waals surface area contributed by atoms with Crippen LogP contribution in [0.4, 0.5) is 8.78 Å². The molecule has 8 unspecified atom stereocenters. The highest BCUT2D eigenvalue weighted by atomic mass is 32.2. The Hall–Kier alpha value is -2.07. The molecule has 0 radical (unpaired) electrons. The van der Waals surface area contributed by atoms with Crippen molar-refractivity contribution in [3.05, 3.63) is 0 Å². The molecule has 0 aromatic carbocycles. The number of fused-ring (bicyclic) bond motifs is 1. The van der Waals surface area contributed by atoms with Crippen LogP contribution in [-0.2, 0) is 47.5 Å². The highest BCUT2D eigenvalue weighted by Crippen LogP contribution is 2.60. The predicted molar refractivity (Wildman–Crippen MR) is 112 cm³/mol. The van der Waals surface area contributed by atoms with Crippen LogP contribution in [0.2, 0.25) is 0 Å². The van der Waals surface area contributed by atoms with Crippen molar-refractivity contribution < 1.29 is 66.6 Å². The normalized spacial score (nSPS) is 43.7. The van der Waals surface area contributed by atoms with Gasteiger partial charge in [-0.1, -0.05) is 0 Å². The molecule has 0 aromatic heterocycles. The fraction of sp³-hybridized carbons (Fsp3) is 0.826. The van der Waals surface area contributed by atoms with Gasteiger partial charge >= 0.3 is 29.1 Å². The molecule has 6 aliphatic carbocycles. The molecular weight excluding hydrogens is 538 g/mol. The van der Waals surface area contributed by atoms with E-state index in [1.165, 1.54) is 0 Å². The molecule has 1 N–H and O–H groups in total. The first-order valence-corrected chi connectivity index (χ1v) is 13.2. The zero-order valence-electron chi connectivity index (χ0n) is 19.9. The van der Waals surface area contributed by atoms with Crippen LogP contribution in [-0.4, -0.2) is 64.3 Å². The lowest BCUT2D eigenvalue weighted by atomic mass is 9.52. The summed E-state index contributed by atoms with van der Waals surface area (Å²) >= 11 is -0.858. The number of aliphatic hydroxyl groups is 1. The molecule has 12 nitrogen and oxygen atoms in total. The summed E-state index contributed by atoms with van der Waals surface area (Å²) in [5.74, 6) is -7.44. The van der Waals surface area contributed by atoms with Crippen LogP contribution in [0, 0.1) is 35.5 Å². The number of esters is 4. The summed E-state index contributed by atoms with van der Waals surface area (Å²) in [6.45, 7) is -0.723. The van der Waals surface area contributed by atoms with Crippen LogP contribution in [0.15, 0.2) is 0 Å². The lowest BCUT2D eigenvalue weighted by Gasteiger charge is -2.59. The van der Waals surface area contributed by atoms with Gasteiger partial charge in [-0.25, -0.2) is 9.59 Å². The molecule has 7 fully saturated rings. The number of halogens is 2. The highest BCUT2D eigenvalue weighted by molar-refractivity contribution is 7.96. The van der Waals surface area contributed by atoms with Crippen LogP contribution in [0.1, 0.15) is 44.9 Å². The Morgan fingerprint density at radius 2 is 1.84 bits per heavy atom. The highest BCUT2D eigenvalue weighted by Gasteiger charge is 2.71. The second-order valence-electron chi connectivity index (χ2n) is 11.6. The molecule has 7 rings (SSSR count). The summed E-state index contributed by atoms with van der Waals surface area (Å²) < 4.78 is 52.4. The van der Waals surface area contributed by atoms with E-state index in [1.807, 2.05) is 0 Å². The molecule has 210 valence electrons. The number of carbonyl (C=O) groups is 4. The first-order valence-electron chi connectivity index (χ1n) is 12.5. The molecule has 6 saturated carbocycles. The van der Waals surface area contributed by atoms with E-state index in [0.29, 0.717) is 32.1 Å². The second-order valence-corrected chi connectivity index (χ2v) is 12.4. The molecule has 7 aliphatic rings. The average molecular weight is 564 g/mol. The molecule has 0 spiro atoms. The minimum Gasteiger partial charge on any atom is -0.691 e. The zero-order chi connectivity index (χ0) is 27.0. The molecule has 15 heteroatoms. The van der Waals surface area contributed by atoms with Gasteiger partial charge in [0.2, 0.25) is 0 Å².